The maximum atomic E-state index is 12.2. The number of aliphatic hydroxyl groups excluding tert-OH is 2. The Kier molecular flexibility index (Phi) is 8.55. The summed E-state index contributed by atoms with van der Waals surface area (Å²) in [6, 6.07) is 0. The third-order valence-corrected chi connectivity index (χ3v) is 6.70. The number of aliphatic hydroxyl groups is 2. The molecule has 4 rings (SSSR count). The molecule has 13 heteroatoms. The summed E-state index contributed by atoms with van der Waals surface area (Å²) in [4.78, 5) is 37.1. The summed E-state index contributed by atoms with van der Waals surface area (Å²) < 4.78 is 12.2. The number of rotatable bonds is 7. The number of anilines is 1. The van der Waals surface area contributed by atoms with Crippen molar-refractivity contribution in [2.75, 3.05) is 25.4 Å². The molecule has 2 fully saturated rings. The van der Waals surface area contributed by atoms with Crippen molar-refractivity contribution in [1.82, 2.24) is 24.8 Å². The molecule has 1 saturated carbocycles. The largest absolute Gasteiger partial charge is 0.464 e. The van der Waals surface area contributed by atoms with Crippen LogP contribution in [0.5, 0.6) is 0 Å². The third-order valence-electron chi connectivity index (χ3n) is 6.70. The lowest BCUT2D eigenvalue weighted by Crippen LogP contribution is -2.42. The van der Waals surface area contributed by atoms with E-state index >= 15 is 0 Å². The predicted molar refractivity (Wildman–Crippen MR) is 131 cm³/mol. The lowest BCUT2D eigenvalue weighted by atomic mass is 9.81. The molecule has 2 aromatic rings. The van der Waals surface area contributed by atoms with Gasteiger partial charge in [0.15, 0.2) is 23.8 Å². The van der Waals surface area contributed by atoms with Crippen LogP contribution in [-0.2, 0) is 19.1 Å². The number of amides is 1. The highest BCUT2D eigenvalue weighted by molar-refractivity contribution is 5.83. The van der Waals surface area contributed by atoms with Crippen LogP contribution >= 0.6 is 0 Å². The molecule has 1 aliphatic heterocycles. The topological polar surface area (TPSA) is 201 Å². The van der Waals surface area contributed by atoms with Gasteiger partial charge >= 0.3 is 5.97 Å². The van der Waals surface area contributed by atoms with Gasteiger partial charge in [0.1, 0.15) is 24.3 Å². The van der Waals surface area contributed by atoms with Crippen LogP contribution in [0.4, 0.5) is 5.82 Å². The molecule has 13 nitrogen and oxygen atoms in total. The Morgan fingerprint density at radius 1 is 1.24 bits per heavy atom. The zero-order valence-electron chi connectivity index (χ0n) is 20.7. The van der Waals surface area contributed by atoms with E-state index in [-0.39, 0.29) is 41.3 Å². The van der Waals surface area contributed by atoms with E-state index < -0.39 is 30.4 Å². The summed E-state index contributed by atoms with van der Waals surface area (Å²) in [7, 11) is 0. The number of carbonyl (C=O) groups excluding carboxylic acids is 2. The van der Waals surface area contributed by atoms with Crippen molar-refractivity contribution in [2.45, 2.75) is 63.6 Å². The van der Waals surface area contributed by atoms with Gasteiger partial charge in [0.25, 0.3) is 5.91 Å². The first-order valence-corrected chi connectivity index (χ1v) is 12.5. The first-order valence-electron chi connectivity index (χ1n) is 12.5. The second kappa shape index (κ2) is 11.8. The molecule has 1 aliphatic carbocycles. The minimum Gasteiger partial charge on any atom is -0.464 e. The molecule has 37 heavy (non-hydrogen) atoms. The minimum atomic E-state index is -1.43. The molecule has 1 saturated heterocycles. The van der Waals surface area contributed by atoms with Gasteiger partial charge in [-0.15, -0.1) is 0 Å². The van der Waals surface area contributed by atoms with Gasteiger partial charge in [-0.3, -0.25) is 14.2 Å². The average molecular weight is 516 g/mol. The first-order chi connectivity index (χ1) is 17.8. The normalized spacial score (nSPS) is 27.5. The lowest BCUT2D eigenvalue weighted by molar-refractivity contribution is -0.149. The highest BCUT2D eigenvalue weighted by atomic mass is 16.6. The first kappa shape index (κ1) is 26.7. The van der Waals surface area contributed by atoms with Crippen LogP contribution < -0.4 is 16.8 Å². The van der Waals surface area contributed by atoms with Gasteiger partial charge < -0.3 is 36.5 Å². The second-order valence-electron chi connectivity index (χ2n) is 9.26. The van der Waals surface area contributed by atoms with Crippen LogP contribution in [0.1, 0.15) is 51.1 Å². The summed E-state index contributed by atoms with van der Waals surface area (Å²) >= 11 is 0. The molecule has 2 unspecified atom stereocenters. The number of nitrogen functional groups attached to an aromatic ring is 1. The lowest BCUT2D eigenvalue weighted by Gasteiger charge is -2.25. The van der Waals surface area contributed by atoms with Gasteiger partial charge in [-0.2, -0.15) is 0 Å². The number of hydrogen-bond acceptors (Lipinski definition) is 11. The van der Waals surface area contributed by atoms with E-state index in [0.717, 1.165) is 25.7 Å². The van der Waals surface area contributed by atoms with Crippen molar-refractivity contribution in [1.29, 1.82) is 0 Å². The van der Waals surface area contributed by atoms with Crippen LogP contribution in [0.2, 0.25) is 0 Å². The Morgan fingerprint density at radius 2 is 2.00 bits per heavy atom. The number of carbonyl (C=O) groups is 2. The molecule has 7 N–H and O–H groups in total. The van der Waals surface area contributed by atoms with Crippen LogP contribution in [0.3, 0.4) is 0 Å². The summed E-state index contributed by atoms with van der Waals surface area (Å²) in [6.07, 6.45) is 0.0940. The number of nitrogens with zero attached hydrogens (tertiary/aromatic N) is 4. The van der Waals surface area contributed by atoms with Crippen molar-refractivity contribution in [3.8, 4) is 11.8 Å². The van der Waals surface area contributed by atoms with Gasteiger partial charge in [0, 0.05) is 19.5 Å². The number of imidazole rings is 1. The molecule has 2 aliphatic rings. The Hall–Kier alpha value is -3.31. The van der Waals surface area contributed by atoms with E-state index in [0.29, 0.717) is 25.4 Å². The van der Waals surface area contributed by atoms with Crippen LogP contribution in [0.25, 0.3) is 11.2 Å². The molecule has 1 amide bonds. The number of esters is 1. The molecule has 0 radical (unpaired) electrons. The molecule has 0 bridgehead atoms. The van der Waals surface area contributed by atoms with E-state index in [1.165, 1.54) is 10.9 Å². The van der Waals surface area contributed by atoms with Crippen LogP contribution in [-0.4, -0.2) is 79.6 Å². The van der Waals surface area contributed by atoms with E-state index in [1.807, 2.05) is 0 Å². The Labute approximate surface area is 213 Å². The number of fused-ring (bicyclic) bond motifs is 1. The number of nitrogens with one attached hydrogen (secondary N) is 1. The van der Waals surface area contributed by atoms with Crippen molar-refractivity contribution >= 4 is 28.9 Å². The summed E-state index contributed by atoms with van der Waals surface area (Å²) in [5, 5.41) is 23.5. The number of likely N-dealkylation sites (N-methyl/N-ethyl adjacent to an activating group) is 1. The fourth-order valence-corrected chi connectivity index (χ4v) is 4.72. The van der Waals surface area contributed by atoms with Gasteiger partial charge in [0.2, 0.25) is 5.82 Å². The molecular formula is C24H33N7O6. The van der Waals surface area contributed by atoms with Crippen LogP contribution in [0, 0.1) is 23.7 Å². The maximum absolute atomic E-state index is 12.2. The molecule has 4 atom stereocenters. The molecule has 3 heterocycles. The Balaban J connectivity index is 1.44. The van der Waals surface area contributed by atoms with Gasteiger partial charge in [0.05, 0.1) is 12.2 Å². The number of hydrogen-bond donors (Lipinski definition) is 5. The van der Waals surface area contributed by atoms with Crippen LogP contribution in [0.15, 0.2) is 6.33 Å². The Bertz CT molecular complexity index is 1180. The van der Waals surface area contributed by atoms with E-state index in [2.05, 4.69) is 32.1 Å². The molecular weight excluding hydrogens is 482 g/mol. The van der Waals surface area contributed by atoms with E-state index in [4.69, 9.17) is 20.9 Å². The second-order valence-corrected chi connectivity index (χ2v) is 9.26. The van der Waals surface area contributed by atoms with Crippen molar-refractivity contribution in [3.05, 3.63) is 12.2 Å². The molecule has 0 aromatic carbocycles. The average Bonchev–Trinajstić information content (AvgIpc) is 3.44. The van der Waals surface area contributed by atoms with Crippen molar-refractivity contribution < 1.29 is 29.3 Å². The summed E-state index contributed by atoms with van der Waals surface area (Å²) in [5.74, 6) is 5.91. The minimum absolute atomic E-state index is 0.0825. The molecule has 200 valence electrons. The molecule has 2 aromatic heterocycles. The highest BCUT2D eigenvalue weighted by Gasteiger charge is 2.47. The SMILES string of the molecule is CCNC(=O)[C@H]1O[C@@H](n2cnc3c(N)nc(C#CCC4CCC(C(=O)OCCN)CC4)nc32)C(O)C1O. The van der Waals surface area contributed by atoms with Gasteiger partial charge in [-0.05, 0) is 44.4 Å². The highest BCUT2D eigenvalue weighted by Crippen LogP contribution is 2.33. The summed E-state index contributed by atoms with van der Waals surface area (Å²) in [6.45, 7) is 2.67. The maximum Gasteiger partial charge on any atom is 0.308 e. The monoisotopic (exact) mass is 515 g/mol. The zero-order chi connectivity index (χ0) is 26.5. The number of ether oxygens (including phenoxy) is 2. The van der Waals surface area contributed by atoms with Gasteiger partial charge in [-0.1, -0.05) is 5.92 Å². The predicted octanol–water partition coefficient (Wildman–Crippen LogP) is -0.786. The van der Waals surface area contributed by atoms with E-state index in [9.17, 15) is 19.8 Å². The summed E-state index contributed by atoms with van der Waals surface area (Å²) in [5.41, 5.74) is 12.0. The smallest absolute Gasteiger partial charge is 0.308 e. The van der Waals surface area contributed by atoms with Gasteiger partial charge in [-0.25, -0.2) is 15.0 Å². The quantitative estimate of drug-likeness (QED) is 0.229. The number of nitrogens with two attached hydrogens (primary N) is 2. The third kappa shape index (κ3) is 5.83. The fraction of sp³-hybridized carbons (Fsp3) is 0.625. The van der Waals surface area contributed by atoms with Crippen molar-refractivity contribution in [3.63, 3.8) is 0 Å². The Morgan fingerprint density at radius 3 is 2.70 bits per heavy atom. The zero-order valence-corrected chi connectivity index (χ0v) is 20.7. The van der Waals surface area contributed by atoms with E-state index in [1.54, 1.807) is 6.92 Å². The molecule has 0 spiro atoms. The standard InChI is InChI=1S/C24H33N7O6/c1-2-27-22(34)19-17(32)18(33)23(37-19)31-12-28-16-20(26)29-15(30-21(16)31)5-3-4-13-6-8-14(9-7-13)24(35)36-11-10-25/h12-14,17-19,23,32-33H,2,4,6-11,25H2,1H3,(H,27,34)(H2,26,29,30)/t13?,14?,17?,18?,19-,23+/m0/s1. The van der Waals surface area contributed by atoms with Crippen molar-refractivity contribution in [2.24, 2.45) is 17.6 Å². The number of aromatic nitrogens is 4. The fourth-order valence-electron chi connectivity index (χ4n) is 4.72.